The van der Waals surface area contributed by atoms with Gasteiger partial charge in [-0.2, -0.15) is 4.99 Å². The Morgan fingerprint density at radius 2 is 1.78 bits per heavy atom. The number of sulfonamides is 1. The summed E-state index contributed by atoms with van der Waals surface area (Å²) in [6.07, 6.45) is 1.89. The Balaban J connectivity index is 1.84. The normalized spacial score (nSPS) is 12.3. The lowest BCUT2D eigenvalue weighted by molar-refractivity contribution is 0.0997. The van der Waals surface area contributed by atoms with Crippen molar-refractivity contribution in [1.29, 1.82) is 0 Å². The van der Waals surface area contributed by atoms with Gasteiger partial charge in [0, 0.05) is 23.7 Å². The average molecular weight is 402 g/mol. The quantitative estimate of drug-likeness (QED) is 0.713. The number of amides is 1. The molecule has 0 spiro atoms. The zero-order valence-corrected chi connectivity index (χ0v) is 16.5. The molecule has 0 bridgehead atoms. The summed E-state index contributed by atoms with van der Waals surface area (Å²) in [6, 6.07) is 13.9. The van der Waals surface area contributed by atoms with E-state index in [0.717, 1.165) is 5.56 Å². The van der Waals surface area contributed by atoms with Gasteiger partial charge in [0.25, 0.3) is 5.91 Å². The SMILES string of the molecule is CNS(=O)(=O)c1ccc(C(=O)N=c2sccn2Cc2ccc(C)cc2)cc1. The first-order chi connectivity index (χ1) is 12.9. The Bertz CT molecular complexity index is 1110. The molecule has 0 aliphatic carbocycles. The molecule has 1 amide bonds. The van der Waals surface area contributed by atoms with Crippen molar-refractivity contribution in [3.05, 3.63) is 81.6 Å². The van der Waals surface area contributed by atoms with Crippen LogP contribution < -0.4 is 9.52 Å². The number of hydrogen-bond acceptors (Lipinski definition) is 4. The molecule has 1 N–H and O–H groups in total. The van der Waals surface area contributed by atoms with Crippen LogP contribution in [-0.4, -0.2) is 25.9 Å². The van der Waals surface area contributed by atoms with E-state index in [2.05, 4.69) is 9.71 Å². The van der Waals surface area contributed by atoms with E-state index in [1.165, 1.54) is 48.2 Å². The van der Waals surface area contributed by atoms with Crippen molar-refractivity contribution in [2.24, 2.45) is 4.99 Å². The molecule has 1 aromatic heterocycles. The highest BCUT2D eigenvalue weighted by molar-refractivity contribution is 7.89. The van der Waals surface area contributed by atoms with Crippen LogP contribution in [-0.2, 0) is 16.6 Å². The summed E-state index contributed by atoms with van der Waals surface area (Å²) < 4.78 is 27.7. The van der Waals surface area contributed by atoms with E-state index in [1.54, 1.807) is 0 Å². The van der Waals surface area contributed by atoms with Crippen molar-refractivity contribution in [2.75, 3.05) is 7.05 Å². The van der Waals surface area contributed by atoms with Crippen LogP contribution in [0.15, 0.2) is 70.0 Å². The number of hydrogen-bond donors (Lipinski definition) is 1. The predicted molar refractivity (Wildman–Crippen MR) is 105 cm³/mol. The van der Waals surface area contributed by atoms with Gasteiger partial charge < -0.3 is 4.57 Å². The van der Waals surface area contributed by atoms with Crippen LogP contribution in [0.5, 0.6) is 0 Å². The molecule has 0 saturated carbocycles. The first-order valence-corrected chi connectivity index (χ1v) is 10.6. The summed E-state index contributed by atoms with van der Waals surface area (Å²) in [5, 5.41) is 1.88. The van der Waals surface area contributed by atoms with Gasteiger partial charge in [0.2, 0.25) is 10.0 Å². The molecule has 0 saturated heterocycles. The monoisotopic (exact) mass is 401 g/mol. The number of nitrogens with one attached hydrogen (secondary N) is 1. The lowest BCUT2D eigenvalue weighted by Crippen LogP contribution is -2.19. The Morgan fingerprint density at radius 1 is 1.11 bits per heavy atom. The van der Waals surface area contributed by atoms with E-state index in [0.29, 0.717) is 16.9 Å². The molecule has 27 heavy (non-hydrogen) atoms. The standard InChI is InChI=1S/C19H19N3O3S2/c1-14-3-5-15(6-4-14)13-22-11-12-26-19(22)21-18(23)16-7-9-17(10-8-16)27(24,25)20-2/h3-12,20H,13H2,1-2H3. The molecule has 0 atom stereocenters. The van der Waals surface area contributed by atoms with Gasteiger partial charge in [-0.15, -0.1) is 11.3 Å². The summed E-state index contributed by atoms with van der Waals surface area (Å²) in [6.45, 7) is 2.66. The Kier molecular flexibility index (Phi) is 5.69. The highest BCUT2D eigenvalue weighted by atomic mass is 32.2. The fraction of sp³-hybridized carbons (Fsp3) is 0.158. The zero-order chi connectivity index (χ0) is 19.4. The average Bonchev–Trinajstić information content (AvgIpc) is 3.10. The molecule has 0 aliphatic heterocycles. The summed E-state index contributed by atoms with van der Waals surface area (Å²) in [7, 11) is -2.19. The minimum absolute atomic E-state index is 0.104. The van der Waals surface area contributed by atoms with E-state index in [1.807, 2.05) is 47.3 Å². The summed E-state index contributed by atoms with van der Waals surface area (Å²) in [5.41, 5.74) is 2.65. The van der Waals surface area contributed by atoms with Crippen molar-refractivity contribution < 1.29 is 13.2 Å². The van der Waals surface area contributed by atoms with Crippen LogP contribution in [0.4, 0.5) is 0 Å². The summed E-state index contributed by atoms with van der Waals surface area (Å²) in [4.78, 5) is 17.3. The van der Waals surface area contributed by atoms with Gasteiger partial charge >= 0.3 is 0 Å². The number of carbonyl (C=O) groups is 1. The van der Waals surface area contributed by atoms with E-state index < -0.39 is 15.9 Å². The molecule has 0 fully saturated rings. The number of thiazole rings is 1. The first kappa shape index (κ1) is 19.2. The predicted octanol–water partition coefficient (Wildman–Crippen LogP) is 2.56. The second-order valence-corrected chi connectivity index (χ2v) is 8.71. The minimum Gasteiger partial charge on any atom is -0.319 e. The largest absolute Gasteiger partial charge is 0.319 e. The smallest absolute Gasteiger partial charge is 0.279 e. The van der Waals surface area contributed by atoms with Crippen molar-refractivity contribution in [2.45, 2.75) is 18.4 Å². The summed E-state index contributed by atoms with van der Waals surface area (Å²) in [5.74, 6) is -0.413. The van der Waals surface area contributed by atoms with Gasteiger partial charge in [-0.1, -0.05) is 29.8 Å². The molecule has 8 heteroatoms. The fourth-order valence-corrected chi connectivity index (χ4v) is 3.90. The maximum atomic E-state index is 12.5. The third kappa shape index (κ3) is 4.60. The minimum atomic E-state index is -3.53. The van der Waals surface area contributed by atoms with Crippen molar-refractivity contribution >= 4 is 27.3 Å². The number of nitrogens with zero attached hydrogens (tertiary/aromatic N) is 2. The van der Waals surface area contributed by atoms with Crippen LogP contribution in [0.1, 0.15) is 21.5 Å². The molecule has 3 aromatic rings. The van der Waals surface area contributed by atoms with Gasteiger partial charge in [0.1, 0.15) is 0 Å². The maximum Gasteiger partial charge on any atom is 0.279 e. The zero-order valence-electron chi connectivity index (χ0n) is 14.9. The maximum absolute atomic E-state index is 12.5. The van der Waals surface area contributed by atoms with Gasteiger partial charge in [0.15, 0.2) is 4.80 Å². The van der Waals surface area contributed by atoms with Gasteiger partial charge in [-0.05, 0) is 43.8 Å². The molecule has 0 unspecified atom stereocenters. The topological polar surface area (TPSA) is 80.5 Å². The molecule has 3 rings (SSSR count). The Hall–Kier alpha value is -2.55. The molecular formula is C19H19N3O3S2. The van der Waals surface area contributed by atoms with Crippen LogP contribution in [0.2, 0.25) is 0 Å². The molecule has 6 nitrogen and oxygen atoms in total. The number of aromatic nitrogens is 1. The lowest BCUT2D eigenvalue weighted by atomic mass is 10.1. The van der Waals surface area contributed by atoms with Crippen molar-refractivity contribution in [1.82, 2.24) is 9.29 Å². The van der Waals surface area contributed by atoms with Gasteiger partial charge in [-0.3, -0.25) is 4.79 Å². The van der Waals surface area contributed by atoms with Crippen LogP contribution >= 0.6 is 11.3 Å². The highest BCUT2D eigenvalue weighted by Crippen LogP contribution is 2.11. The third-order valence-corrected chi connectivity index (χ3v) is 6.24. The lowest BCUT2D eigenvalue weighted by Gasteiger charge is -2.04. The number of benzene rings is 2. The van der Waals surface area contributed by atoms with E-state index in [-0.39, 0.29) is 4.90 Å². The Morgan fingerprint density at radius 3 is 2.41 bits per heavy atom. The molecule has 2 aromatic carbocycles. The van der Waals surface area contributed by atoms with Crippen molar-refractivity contribution in [3.63, 3.8) is 0 Å². The number of carbonyl (C=O) groups excluding carboxylic acids is 1. The van der Waals surface area contributed by atoms with Crippen LogP contribution in [0.25, 0.3) is 0 Å². The van der Waals surface area contributed by atoms with Gasteiger partial charge in [0.05, 0.1) is 4.90 Å². The third-order valence-electron chi connectivity index (χ3n) is 4.01. The molecule has 1 heterocycles. The molecular weight excluding hydrogens is 382 g/mol. The highest BCUT2D eigenvalue weighted by Gasteiger charge is 2.12. The Labute approximate surface area is 161 Å². The first-order valence-electron chi connectivity index (χ1n) is 8.21. The second-order valence-electron chi connectivity index (χ2n) is 5.95. The fourth-order valence-electron chi connectivity index (χ4n) is 2.44. The second kappa shape index (κ2) is 7.99. The van der Waals surface area contributed by atoms with Crippen LogP contribution in [0.3, 0.4) is 0 Å². The van der Waals surface area contributed by atoms with E-state index in [9.17, 15) is 13.2 Å². The number of aryl methyl sites for hydroxylation is 1. The molecule has 140 valence electrons. The van der Waals surface area contributed by atoms with Crippen molar-refractivity contribution in [3.8, 4) is 0 Å². The van der Waals surface area contributed by atoms with E-state index in [4.69, 9.17) is 0 Å². The van der Waals surface area contributed by atoms with E-state index >= 15 is 0 Å². The molecule has 0 radical (unpaired) electrons. The molecule has 0 aliphatic rings. The summed E-state index contributed by atoms with van der Waals surface area (Å²) >= 11 is 1.38. The van der Waals surface area contributed by atoms with Crippen LogP contribution in [0, 0.1) is 6.92 Å². The number of rotatable bonds is 5. The van der Waals surface area contributed by atoms with Gasteiger partial charge in [-0.25, -0.2) is 13.1 Å².